The maximum Gasteiger partial charge on any atom is 0.243 e. The number of piperidine rings is 1. The van der Waals surface area contributed by atoms with Crippen LogP contribution in [0, 0.1) is 6.92 Å². The van der Waals surface area contributed by atoms with E-state index in [9.17, 15) is 13.2 Å². The fourth-order valence-electron chi connectivity index (χ4n) is 4.45. The molecule has 1 aliphatic rings. The standard InChI is InChI=1S/C25H31N3O3S/c1-3-23(25(29)26-18-21-10-6-5-9-19(21)2)28-16-13-20-17-22(11-12-24(20)28)32(30,31)27-14-7-4-8-15-27/h5-6,9-13,16-17,23H,3-4,7-8,14-15,18H2,1-2H3,(H,26,29). The van der Waals surface area contributed by atoms with Crippen molar-refractivity contribution in [2.75, 3.05) is 13.1 Å². The molecule has 1 unspecified atom stereocenters. The fraction of sp³-hybridized carbons (Fsp3) is 0.400. The first-order chi connectivity index (χ1) is 15.4. The van der Waals surface area contributed by atoms with E-state index in [2.05, 4.69) is 5.32 Å². The predicted octanol–water partition coefficient (Wildman–Crippen LogP) is 4.39. The highest BCUT2D eigenvalue weighted by molar-refractivity contribution is 7.89. The Balaban J connectivity index is 1.55. The van der Waals surface area contributed by atoms with E-state index in [1.807, 2.05) is 61.0 Å². The van der Waals surface area contributed by atoms with Gasteiger partial charge in [0.25, 0.3) is 0 Å². The van der Waals surface area contributed by atoms with E-state index in [1.54, 1.807) is 16.4 Å². The summed E-state index contributed by atoms with van der Waals surface area (Å²) in [6.45, 7) is 5.67. The van der Waals surface area contributed by atoms with Crippen LogP contribution in [0.3, 0.4) is 0 Å². The van der Waals surface area contributed by atoms with E-state index >= 15 is 0 Å². The number of rotatable bonds is 7. The van der Waals surface area contributed by atoms with Crippen LogP contribution in [0.15, 0.2) is 59.6 Å². The van der Waals surface area contributed by atoms with Gasteiger partial charge in [-0.15, -0.1) is 0 Å². The Bertz CT molecular complexity index is 1210. The molecular weight excluding hydrogens is 422 g/mol. The van der Waals surface area contributed by atoms with Crippen LogP contribution in [0.4, 0.5) is 0 Å². The quantitative estimate of drug-likeness (QED) is 0.577. The molecule has 4 rings (SSSR count). The highest BCUT2D eigenvalue weighted by atomic mass is 32.2. The number of sulfonamides is 1. The smallest absolute Gasteiger partial charge is 0.243 e. The van der Waals surface area contributed by atoms with Gasteiger partial charge in [0.1, 0.15) is 6.04 Å². The van der Waals surface area contributed by atoms with Gasteiger partial charge in [-0.25, -0.2) is 8.42 Å². The van der Waals surface area contributed by atoms with E-state index in [4.69, 9.17) is 0 Å². The average Bonchev–Trinajstić information content (AvgIpc) is 3.23. The number of nitrogens with zero attached hydrogens (tertiary/aromatic N) is 2. The number of benzene rings is 2. The first kappa shape index (κ1) is 22.6. The summed E-state index contributed by atoms with van der Waals surface area (Å²) >= 11 is 0. The van der Waals surface area contributed by atoms with Crippen LogP contribution >= 0.6 is 0 Å². The number of hydrogen-bond acceptors (Lipinski definition) is 3. The number of amides is 1. The Morgan fingerprint density at radius 1 is 1.06 bits per heavy atom. The van der Waals surface area contributed by atoms with Gasteiger partial charge in [-0.2, -0.15) is 4.31 Å². The van der Waals surface area contributed by atoms with Crippen LogP contribution in [-0.2, 0) is 21.4 Å². The zero-order valence-corrected chi connectivity index (χ0v) is 19.6. The molecule has 1 aromatic heterocycles. The summed E-state index contributed by atoms with van der Waals surface area (Å²) in [6.07, 6.45) is 5.42. The lowest BCUT2D eigenvalue weighted by Crippen LogP contribution is -2.35. The summed E-state index contributed by atoms with van der Waals surface area (Å²) in [4.78, 5) is 13.3. The molecule has 1 saturated heterocycles. The second-order valence-electron chi connectivity index (χ2n) is 8.48. The van der Waals surface area contributed by atoms with Crippen molar-refractivity contribution in [1.29, 1.82) is 0 Å². The average molecular weight is 454 g/mol. The second kappa shape index (κ2) is 9.46. The molecule has 32 heavy (non-hydrogen) atoms. The SMILES string of the molecule is CCC(C(=O)NCc1ccccc1C)n1ccc2cc(S(=O)(=O)N3CCCCC3)ccc21. The molecule has 1 aliphatic heterocycles. The van der Waals surface area contributed by atoms with Gasteiger partial charge < -0.3 is 9.88 Å². The first-order valence-electron chi connectivity index (χ1n) is 11.3. The van der Waals surface area contributed by atoms with Gasteiger partial charge >= 0.3 is 0 Å². The van der Waals surface area contributed by atoms with Crippen LogP contribution in [-0.4, -0.2) is 36.3 Å². The Kier molecular flexibility index (Phi) is 6.67. The molecule has 0 aliphatic carbocycles. The summed E-state index contributed by atoms with van der Waals surface area (Å²) in [7, 11) is -3.48. The summed E-state index contributed by atoms with van der Waals surface area (Å²) in [5.74, 6) is -0.0433. The third kappa shape index (κ3) is 4.45. The number of nitrogens with one attached hydrogen (secondary N) is 1. The predicted molar refractivity (Wildman–Crippen MR) is 127 cm³/mol. The topological polar surface area (TPSA) is 71.4 Å². The van der Waals surface area contributed by atoms with Crippen molar-refractivity contribution < 1.29 is 13.2 Å². The van der Waals surface area contributed by atoms with Crippen molar-refractivity contribution in [1.82, 2.24) is 14.2 Å². The normalized spacial score (nSPS) is 16.2. The van der Waals surface area contributed by atoms with Crippen LogP contribution < -0.4 is 5.32 Å². The van der Waals surface area contributed by atoms with Gasteiger partial charge in [0.05, 0.1) is 4.90 Å². The molecule has 6 nitrogen and oxygen atoms in total. The third-order valence-electron chi connectivity index (χ3n) is 6.38. The minimum Gasteiger partial charge on any atom is -0.350 e. The molecule has 3 aromatic rings. The lowest BCUT2D eigenvalue weighted by Gasteiger charge is -2.26. The van der Waals surface area contributed by atoms with Crippen molar-refractivity contribution >= 4 is 26.8 Å². The van der Waals surface area contributed by atoms with Gasteiger partial charge in [0.15, 0.2) is 0 Å². The molecule has 170 valence electrons. The Labute approximate surface area is 190 Å². The van der Waals surface area contributed by atoms with Crippen LogP contribution in [0.2, 0.25) is 0 Å². The number of fused-ring (bicyclic) bond motifs is 1. The molecule has 0 bridgehead atoms. The number of carbonyl (C=O) groups is 1. The molecule has 2 heterocycles. The number of carbonyl (C=O) groups excluding carboxylic acids is 1. The van der Waals surface area contributed by atoms with Crippen molar-refractivity contribution in [2.45, 2.75) is 57.0 Å². The molecule has 0 spiro atoms. The molecule has 0 saturated carbocycles. The zero-order chi connectivity index (χ0) is 22.7. The minimum absolute atomic E-state index is 0.0433. The molecule has 1 atom stereocenters. The van der Waals surface area contributed by atoms with E-state index in [0.29, 0.717) is 31.0 Å². The lowest BCUT2D eigenvalue weighted by atomic mass is 10.1. The summed E-state index contributed by atoms with van der Waals surface area (Å²) in [5, 5.41) is 3.89. The number of aromatic nitrogens is 1. The molecule has 2 aromatic carbocycles. The Hall–Kier alpha value is -2.64. The number of aryl methyl sites for hydroxylation is 1. The largest absolute Gasteiger partial charge is 0.350 e. The minimum atomic E-state index is -3.48. The summed E-state index contributed by atoms with van der Waals surface area (Å²) < 4.78 is 29.6. The van der Waals surface area contributed by atoms with Gasteiger partial charge in [0.2, 0.25) is 15.9 Å². The molecule has 1 amide bonds. The molecule has 0 radical (unpaired) electrons. The van der Waals surface area contributed by atoms with E-state index < -0.39 is 10.0 Å². The van der Waals surface area contributed by atoms with Crippen LogP contribution in [0.1, 0.15) is 49.8 Å². The third-order valence-corrected chi connectivity index (χ3v) is 8.28. The molecular formula is C25H31N3O3S. The van der Waals surface area contributed by atoms with Gasteiger partial charge in [0, 0.05) is 36.7 Å². The van der Waals surface area contributed by atoms with Gasteiger partial charge in [-0.1, -0.05) is 37.6 Å². The maximum atomic E-state index is 13.0. The second-order valence-corrected chi connectivity index (χ2v) is 10.4. The Morgan fingerprint density at radius 3 is 2.53 bits per heavy atom. The highest BCUT2D eigenvalue weighted by Crippen LogP contribution is 2.27. The first-order valence-corrected chi connectivity index (χ1v) is 12.8. The van der Waals surface area contributed by atoms with E-state index in [-0.39, 0.29) is 11.9 Å². The van der Waals surface area contributed by atoms with E-state index in [1.165, 1.54) is 0 Å². The monoisotopic (exact) mass is 453 g/mol. The van der Waals surface area contributed by atoms with Crippen LogP contribution in [0.25, 0.3) is 10.9 Å². The van der Waals surface area contributed by atoms with E-state index in [0.717, 1.165) is 41.3 Å². The number of hydrogen-bond donors (Lipinski definition) is 1. The van der Waals surface area contributed by atoms with Crippen molar-refractivity contribution in [2.24, 2.45) is 0 Å². The molecule has 1 N–H and O–H groups in total. The summed E-state index contributed by atoms with van der Waals surface area (Å²) in [6, 6.07) is 14.8. The molecule has 1 fully saturated rings. The zero-order valence-electron chi connectivity index (χ0n) is 18.8. The van der Waals surface area contributed by atoms with Crippen molar-refractivity contribution in [3.05, 3.63) is 65.9 Å². The fourth-order valence-corrected chi connectivity index (χ4v) is 6.00. The van der Waals surface area contributed by atoms with Gasteiger partial charge in [-0.05, 0) is 61.6 Å². The molecule has 7 heteroatoms. The van der Waals surface area contributed by atoms with Crippen molar-refractivity contribution in [3.8, 4) is 0 Å². The highest BCUT2D eigenvalue weighted by Gasteiger charge is 2.27. The van der Waals surface area contributed by atoms with Crippen molar-refractivity contribution in [3.63, 3.8) is 0 Å². The lowest BCUT2D eigenvalue weighted by molar-refractivity contribution is -0.124. The Morgan fingerprint density at radius 2 is 1.81 bits per heavy atom. The maximum absolute atomic E-state index is 13.0. The van der Waals surface area contributed by atoms with Crippen LogP contribution in [0.5, 0.6) is 0 Å². The van der Waals surface area contributed by atoms with Gasteiger partial charge in [-0.3, -0.25) is 4.79 Å². The summed E-state index contributed by atoms with van der Waals surface area (Å²) in [5.41, 5.74) is 3.11.